The highest BCUT2D eigenvalue weighted by atomic mass is 16.5. The van der Waals surface area contributed by atoms with E-state index in [2.05, 4.69) is 21.8 Å². The van der Waals surface area contributed by atoms with E-state index in [0.29, 0.717) is 56.5 Å². The van der Waals surface area contributed by atoms with Gasteiger partial charge < -0.3 is 30.6 Å². The normalized spacial score (nSPS) is 19.0. The van der Waals surface area contributed by atoms with Crippen LogP contribution in [0.2, 0.25) is 0 Å². The number of methoxy groups -OCH3 is 2. The topological polar surface area (TPSA) is 156 Å². The second-order valence-corrected chi connectivity index (χ2v) is 11.0. The van der Waals surface area contributed by atoms with E-state index in [1.807, 2.05) is 22.8 Å². The number of benzene rings is 2. The average molecular weight is 566 g/mol. The molecule has 4 aromatic rings. The van der Waals surface area contributed by atoms with Crippen molar-refractivity contribution in [1.82, 2.24) is 14.5 Å². The quantitative estimate of drug-likeness (QED) is 0.294. The molecule has 42 heavy (non-hydrogen) atoms. The maximum Gasteiger partial charge on any atom is 0.341 e. The van der Waals surface area contributed by atoms with Gasteiger partial charge in [0, 0.05) is 36.0 Å². The summed E-state index contributed by atoms with van der Waals surface area (Å²) >= 11 is 0. The number of pyridine rings is 1. The third kappa shape index (κ3) is 4.77. The molecule has 0 amide bonds. The third-order valence-electron chi connectivity index (χ3n) is 8.55. The van der Waals surface area contributed by atoms with Crippen molar-refractivity contribution in [3.05, 3.63) is 80.8 Å². The Morgan fingerprint density at radius 3 is 2.62 bits per heavy atom. The lowest BCUT2D eigenvalue weighted by Gasteiger charge is -2.27. The highest BCUT2D eigenvalue weighted by molar-refractivity contribution is 5.94. The third-order valence-corrected chi connectivity index (χ3v) is 8.55. The number of para-hydroxylation sites is 1. The number of nitrogen functional groups attached to an aromatic ring is 2. The van der Waals surface area contributed by atoms with Gasteiger partial charge in [0.2, 0.25) is 11.4 Å². The molecule has 10 heteroatoms. The molecule has 2 aliphatic rings. The number of carboxylic acid groups (broad SMARTS) is 1. The van der Waals surface area contributed by atoms with Crippen LogP contribution in [0.25, 0.3) is 10.9 Å². The first-order valence-electron chi connectivity index (χ1n) is 13.8. The lowest BCUT2D eigenvalue weighted by Crippen LogP contribution is -2.24. The van der Waals surface area contributed by atoms with Crippen molar-refractivity contribution in [2.75, 3.05) is 25.7 Å². The first kappa shape index (κ1) is 27.1. The number of anilines is 2. The zero-order valence-corrected chi connectivity index (χ0v) is 23.4. The van der Waals surface area contributed by atoms with Gasteiger partial charge in [-0.2, -0.15) is 4.98 Å². The Morgan fingerprint density at radius 2 is 1.95 bits per heavy atom. The smallest absolute Gasteiger partial charge is 0.341 e. The summed E-state index contributed by atoms with van der Waals surface area (Å²) in [5.74, 6) is 7.53. The minimum Gasteiger partial charge on any atom is -0.493 e. The fourth-order valence-electron chi connectivity index (χ4n) is 6.64. The first-order valence-corrected chi connectivity index (χ1v) is 13.8. The van der Waals surface area contributed by atoms with Crippen molar-refractivity contribution < 1.29 is 19.4 Å². The van der Waals surface area contributed by atoms with Crippen LogP contribution >= 0.6 is 0 Å². The van der Waals surface area contributed by atoms with Crippen LogP contribution in [-0.2, 0) is 6.42 Å². The number of aromatic carboxylic acids is 1. The van der Waals surface area contributed by atoms with Crippen LogP contribution in [0.3, 0.4) is 0 Å². The van der Waals surface area contributed by atoms with E-state index < -0.39 is 11.4 Å². The van der Waals surface area contributed by atoms with Gasteiger partial charge in [-0.05, 0) is 60.9 Å². The fourth-order valence-corrected chi connectivity index (χ4v) is 6.64. The molecule has 2 aromatic carbocycles. The second-order valence-electron chi connectivity index (χ2n) is 11.0. The minimum absolute atomic E-state index is 0.0415. The monoisotopic (exact) mass is 565 g/mol. The molecule has 0 radical (unpaired) electrons. The Morgan fingerprint density at radius 1 is 1.12 bits per heavy atom. The molecular formula is C32H31N5O5. The van der Waals surface area contributed by atoms with Crippen LogP contribution in [-0.4, -0.2) is 39.8 Å². The van der Waals surface area contributed by atoms with Crippen molar-refractivity contribution >= 4 is 28.6 Å². The second kappa shape index (κ2) is 10.7. The SMILES string of the molecule is COc1cccc(C#Cc2cc(Cc3cnc(N)nc3N)c3c(=O)c(C(=O)O)cn(C4CC5CCC4C5)c3c2)c1OC. The summed E-state index contributed by atoms with van der Waals surface area (Å²) in [6, 6.07) is 9.25. The predicted octanol–water partition coefficient (Wildman–Crippen LogP) is 4.02. The predicted molar refractivity (Wildman–Crippen MR) is 159 cm³/mol. The van der Waals surface area contributed by atoms with Crippen LogP contribution < -0.4 is 26.4 Å². The van der Waals surface area contributed by atoms with Gasteiger partial charge in [-0.3, -0.25) is 4.79 Å². The lowest BCUT2D eigenvalue weighted by molar-refractivity contribution is 0.0694. The number of fused-ring (bicyclic) bond motifs is 3. The number of aromatic nitrogens is 3. The summed E-state index contributed by atoms with van der Waals surface area (Å²) in [4.78, 5) is 34.2. The number of ether oxygens (including phenoxy) is 2. The minimum atomic E-state index is -1.26. The highest BCUT2D eigenvalue weighted by Gasteiger charge is 2.41. The van der Waals surface area contributed by atoms with Crippen LogP contribution in [0.4, 0.5) is 11.8 Å². The zero-order valence-electron chi connectivity index (χ0n) is 23.4. The molecule has 2 aliphatic carbocycles. The van der Waals surface area contributed by atoms with Gasteiger partial charge in [-0.25, -0.2) is 9.78 Å². The molecule has 0 aliphatic heterocycles. The Balaban J connectivity index is 1.60. The van der Waals surface area contributed by atoms with E-state index in [1.54, 1.807) is 26.4 Å². The van der Waals surface area contributed by atoms with Gasteiger partial charge in [-0.1, -0.05) is 24.3 Å². The number of carbonyl (C=O) groups is 1. The molecule has 3 atom stereocenters. The highest BCUT2D eigenvalue weighted by Crippen LogP contribution is 2.51. The van der Waals surface area contributed by atoms with Crippen LogP contribution in [0, 0.1) is 23.7 Å². The molecular weight excluding hydrogens is 534 g/mol. The van der Waals surface area contributed by atoms with E-state index in [-0.39, 0.29) is 29.8 Å². The van der Waals surface area contributed by atoms with E-state index in [9.17, 15) is 14.7 Å². The van der Waals surface area contributed by atoms with Gasteiger partial charge in [0.1, 0.15) is 11.4 Å². The molecule has 10 nitrogen and oxygen atoms in total. The van der Waals surface area contributed by atoms with Crippen molar-refractivity contribution in [1.29, 1.82) is 0 Å². The summed E-state index contributed by atoms with van der Waals surface area (Å²) in [5.41, 5.74) is 14.2. The maximum absolute atomic E-state index is 13.7. The Hall–Kier alpha value is -5.04. The molecule has 6 rings (SSSR count). The van der Waals surface area contributed by atoms with E-state index in [4.69, 9.17) is 20.9 Å². The van der Waals surface area contributed by atoms with Gasteiger partial charge in [0.05, 0.1) is 30.7 Å². The molecule has 2 saturated carbocycles. The summed E-state index contributed by atoms with van der Waals surface area (Å²) < 4.78 is 13.0. The Labute approximate surface area is 242 Å². The lowest BCUT2D eigenvalue weighted by atomic mass is 9.92. The largest absolute Gasteiger partial charge is 0.493 e. The molecule has 214 valence electrons. The van der Waals surface area contributed by atoms with Crippen molar-refractivity contribution in [2.24, 2.45) is 11.8 Å². The molecule has 5 N–H and O–H groups in total. The van der Waals surface area contributed by atoms with E-state index in [0.717, 1.165) is 19.3 Å². The van der Waals surface area contributed by atoms with Gasteiger partial charge in [0.15, 0.2) is 11.5 Å². The fraction of sp³-hybridized carbons (Fsp3) is 0.312. The summed E-state index contributed by atoms with van der Waals surface area (Å²) in [6.07, 6.45) is 7.58. The number of hydrogen-bond donors (Lipinski definition) is 3. The van der Waals surface area contributed by atoms with Gasteiger partial charge >= 0.3 is 5.97 Å². The number of nitrogens with two attached hydrogens (primary N) is 2. The van der Waals surface area contributed by atoms with E-state index in [1.165, 1.54) is 18.8 Å². The van der Waals surface area contributed by atoms with E-state index >= 15 is 0 Å². The molecule has 2 heterocycles. The average Bonchev–Trinajstić information content (AvgIpc) is 3.61. The number of nitrogens with zero attached hydrogens (tertiary/aromatic N) is 3. The molecule has 0 saturated heterocycles. The van der Waals surface area contributed by atoms with Crippen molar-refractivity contribution in [2.45, 2.75) is 38.1 Å². The summed E-state index contributed by atoms with van der Waals surface area (Å²) in [6.45, 7) is 0. The van der Waals surface area contributed by atoms with Crippen LogP contribution in [0.15, 0.2) is 47.5 Å². The molecule has 2 aromatic heterocycles. The molecule has 0 spiro atoms. The standard InChI is InChI=1S/C32H31N5O5/c1-41-26-5-3-4-19(29(26)42-2)8-6-18-11-21(14-22-15-35-32(34)36-30(22)33)27-25(13-18)37(16-23(28(27)38)31(39)40)24-12-17-7-9-20(24)10-17/h3-5,11,13,15-17,20,24H,7,9-10,12,14H2,1-2H3,(H,39,40)(H4,33,34,35,36). The maximum atomic E-state index is 13.7. The first-order chi connectivity index (χ1) is 20.3. The van der Waals surface area contributed by atoms with Crippen molar-refractivity contribution in [3.63, 3.8) is 0 Å². The summed E-state index contributed by atoms with van der Waals surface area (Å²) in [7, 11) is 3.13. The zero-order chi connectivity index (χ0) is 29.5. The number of rotatable bonds is 6. The molecule has 3 unspecified atom stereocenters. The van der Waals surface area contributed by atoms with Gasteiger partial charge in [0.25, 0.3) is 0 Å². The number of carboxylic acids is 1. The Bertz CT molecular complexity index is 1850. The number of hydrogen-bond acceptors (Lipinski definition) is 8. The van der Waals surface area contributed by atoms with Crippen molar-refractivity contribution in [3.8, 4) is 23.3 Å². The molecule has 2 fully saturated rings. The van der Waals surface area contributed by atoms with Crippen LogP contribution in [0.5, 0.6) is 11.5 Å². The summed E-state index contributed by atoms with van der Waals surface area (Å²) in [5, 5.41) is 10.4. The van der Waals surface area contributed by atoms with Crippen LogP contribution in [0.1, 0.15) is 64.3 Å². The molecule has 2 bridgehead atoms. The Kier molecular flexibility index (Phi) is 6.94. The van der Waals surface area contributed by atoms with Gasteiger partial charge in [-0.15, -0.1) is 0 Å².